The van der Waals surface area contributed by atoms with Gasteiger partial charge in [0, 0.05) is 38.5 Å². The summed E-state index contributed by atoms with van der Waals surface area (Å²) < 4.78 is 0.562. The number of aromatic nitrogens is 3. The number of nitrogens with one attached hydrogen (secondary N) is 1. The fourth-order valence-corrected chi connectivity index (χ4v) is 8.15. The molecule has 1 unspecified atom stereocenters. The van der Waals surface area contributed by atoms with Crippen molar-refractivity contribution in [2.24, 2.45) is 5.73 Å². The molecule has 1 amide bonds. The van der Waals surface area contributed by atoms with Gasteiger partial charge in [-0.1, -0.05) is 52.9 Å². The summed E-state index contributed by atoms with van der Waals surface area (Å²) in [4.78, 5) is 32.9. The summed E-state index contributed by atoms with van der Waals surface area (Å²) in [7, 11) is 0. The molecule has 0 bridgehead atoms. The van der Waals surface area contributed by atoms with Crippen LogP contribution in [0.25, 0.3) is 11.3 Å². The monoisotopic (exact) mass is 637 g/mol. The fourth-order valence-electron chi connectivity index (χ4n) is 4.76. The molecule has 0 saturated carbocycles. The molecule has 0 fully saturated rings. The first-order valence-corrected chi connectivity index (χ1v) is 16.3. The van der Waals surface area contributed by atoms with Crippen LogP contribution in [0.1, 0.15) is 30.1 Å². The molecule has 4 heterocycles. The highest BCUT2D eigenvalue weighted by Crippen LogP contribution is 2.48. The van der Waals surface area contributed by atoms with E-state index in [9.17, 15) is 14.9 Å². The molecular formula is C27H20ClN7O2S4. The zero-order valence-electron chi connectivity index (χ0n) is 21.2. The maximum Gasteiger partial charge on any atom is 0.236 e. The molecule has 1 atom stereocenters. The molecule has 2 aliphatic rings. The van der Waals surface area contributed by atoms with Gasteiger partial charge < -0.3 is 11.1 Å². The predicted octanol–water partition coefficient (Wildman–Crippen LogP) is 6.41. The van der Waals surface area contributed by atoms with E-state index in [-0.39, 0.29) is 23.3 Å². The number of hydrogen-bond acceptors (Lipinski definition) is 12. The van der Waals surface area contributed by atoms with Crippen LogP contribution in [0.3, 0.4) is 0 Å². The number of nitriles is 1. The van der Waals surface area contributed by atoms with Gasteiger partial charge in [0.2, 0.25) is 11.0 Å². The third-order valence-corrected chi connectivity index (χ3v) is 10.5. The van der Waals surface area contributed by atoms with Gasteiger partial charge in [-0.2, -0.15) is 5.26 Å². The second-order valence-electron chi connectivity index (χ2n) is 9.06. The van der Waals surface area contributed by atoms with Crippen LogP contribution in [0, 0.1) is 11.3 Å². The molecule has 0 radical (unpaired) electrons. The van der Waals surface area contributed by atoms with Crippen LogP contribution in [0.5, 0.6) is 0 Å². The lowest BCUT2D eigenvalue weighted by atomic mass is 9.78. The molecule has 41 heavy (non-hydrogen) atoms. The van der Waals surface area contributed by atoms with E-state index in [1.165, 1.54) is 45.8 Å². The number of thiophene rings is 1. The molecule has 0 spiro atoms. The van der Waals surface area contributed by atoms with E-state index in [2.05, 4.69) is 26.6 Å². The molecule has 3 aromatic heterocycles. The van der Waals surface area contributed by atoms with E-state index in [4.69, 9.17) is 17.3 Å². The van der Waals surface area contributed by atoms with Crippen molar-refractivity contribution < 1.29 is 9.59 Å². The molecule has 4 aromatic rings. The van der Waals surface area contributed by atoms with Gasteiger partial charge in [0.15, 0.2) is 15.3 Å². The second-order valence-corrected chi connectivity index (χ2v) is 13.5. The second kappa shape index (κ2) is 11.8. The van der Waals surface area contributed by atoms with Crippen molar-refractivity contribution in [1.82, 2.24) is 15.2 Å². The number of anilines is 2. The van der Waals surface area contributed by atoms with Crippen LogP contribution in [0.15, 0.2) is 74.2 Å². The summed E-state index contributed by atoms with van der Waals surface area (Å²) in [6, 6.07) is 13.4. The van der Waals surface area contributed by atoms with Gasteiger partial charge in [-0.05, 0) is 36.4 Å². The average Bonchev–Trinajstić information content (AvgIpc) is 3.75. The summed E-state index contributed by atoms with van der Waals surface area (Å²) in [6.45, 7) is 0. The van der Waals surface area contributed by atoms with Crippen molar-refractivity contribution in [2.75, 3.05) is 16.0 Å². The van der Waals surface area contributed by atoms with E-state index in [1.807, 2.05) is 35.0 Å². The third-order valence-electron chi connectivity index (χ3n) is 6.55. The first kappa shape index (κ1) is 27.6. The number of benzene rings is 1. The number of ketones is 1. The molecule has 1 aliphatic carbocycles. The van der Waals surface area contributed by atoms with Crippen LogP contribution < -0.4 is 16.0 Å². The van der Waals surface area contributed by atoms with Crippen molar-refractivity contribution in [3.8, 4) is 17.3 Å². The van der Waals surface area contributed by atoms with Gasteiger partial charge in [0.05, 0.1) is 29.0 Å². The SMILES string of the molecule is N#CC1=C(N)N(c2nnc(SCC(=O)Nc3nc(-c4ccc(Cl)cc4)cs3)s2)C2=C(C(=O)CCC2)C1c1cccs1. The zero-order valence-corrected chi connectivity index (χ0v) is 25.2. The van der Waals surface area contributed by atoms with E-state index in [0.29, 0.717) is 50.0 Å². The summed E-state index contributed by atoms with van der Waals surface area (Å²) in [5, 5.41) is 26.9. The van der Waals surface area contributed by atoms with E-state index >= 15 is 0 Å². The van der Waals surface area contributed by atoms with Crippen molar-refractivity contribution in [2.45, 2.75) is 29.5 Å². The van der Waals surface area contributed by atoms with Crippen molar-refractivity contribution in [3.05, 3.63) is 79.7 Å². The Labute approximate surface area is 256 Å². The van der Waals surface area contributed by atoms with Crippen LogP contribution in [-0.2, 0) is 9.59 Å². The van der Waals surface area contributed by atoms with Crippen LogP contribution in [0.2, 0.25) is 5.02 Å². The highest BCUT2D eigenvalue weighted by molar-refractivity contribution is 8.01. The minimum atomic E-state index is -0.476. The van der Waals surface area contributed by atoms with Crippen molar-refractivity contribution in [1.29, 1.82) is 5.26 Å². The fraction of sp³-hybridized carbons (Fsp3) is 0.185. The number of allylic oxidation sites excluding steroid dienone is 3. The third kappa shape index (κ3) is 5.53. The minimum absolute atomic E-state index is 0.0205. The van der Waals surface area contributed by atoms with E-state index < -0.39 is 5.92 Å². The largest absolute Gasteiger partial charge is 0.384 e. The topological polar surface area (TPSA) is 138 Å². The Hall–Kier alpha value is -3.54. The van der Waals surface area contributed by atoms with Gasteiger partial charge in [-0.3, -0.25) is 14.5 Å². The number of thioether (sulfide) groups is 1. The van der Waals surface area contributed by atoms with Crippen LogP contribution in [0.4, 0.5) is 10.3 Å². The number of Topliss-reactive ketones (excluding diaryl/α,β-unsaturated/α-hetero) is 1. The summed E-state index contributed by atoms with van der Waals surface area (Å²) in [5.41, 5.74) is 9.94. The maximum absolute atomic E-state index is 13.2. The Bertz CT molecular complexity index is 1740. The summed E-state index contributed by atoms with van der Waals surface area (Å²) in [5.74, 6) is -0.325. The number of rotatable bonds is 7. The molecule has 206 valence electrons. The number of carbonyl (C=O) groups excluding carboxylic acids is 2. The van der Waals surface area contributed by atoms with Gasteiger partial charge >= 0.3 is 0 Å². The highest BCUT2D eigenvalue weighted by atomic mass is 35.5. The average molecular weight is 638 g/mol. The number of hydrogen-bond donors (Lipinski definition) is 2. The van der Waals surface area contributed by atoms with Gasteiger partial charge in [0.25, 0.3) is 0 Å². The molecule has 6 rings (SSSR count). The zero-order chi connectivity index (χ0) is 28.5. The number of nitrogens with two attached hydrogens (primary N) is 1. The standard InChI is InChI=1S/C27H20ClN7O2S4/c28-15-8-6-14(7-9-15)17-12-39-25(31-17)32-21(37)13-40-27-34-33-26(41-27)35-18-3-1-4-19(36)23(18)22(16(11-29)24(35)30)20-5-2-10-38-20/h2,5-10,12,22H,1,3-4,13,30H2,(H,31,32,37). The lowest BCUT2D eigenvalue weighted by Gasteiger charge is -2.37. The molecule has 1 aliphatic heterocycles. The maximum atomic E-state index is 13.2. The first-order valence-electron chi connectivity index (χ1n) is 12.4. The molecular weight excluding hydrogens is 618 g/mol. The lowest BCUT2D eigenvalue weighted by molar-refractivity contribution is -0.116. The van der Waals surface area contributed by atoms with Gasteiger partial charge in [-0.25, -0.2) is 4.98 Å². The number of nitrogens with zero attached hydrogens (tertiary/aromatic N) is 5. The summed E-state index contributed by atoms with van der Waals surface area (Å²) in [6.07, 6.45) is 1.76. The minimum Gasteiger partial charge on any atom is -0.384 e. The van der Waals surface area contributed by atoms with E-state index in [1.54, 1.807) is 17.0 Å². The Balaban J connectivity index is 1.18. The number of carbonyl (C=O) groups is 2. The number of thiazole rings is 1. The number of amides is 1. The van der Waals surface area contributed by atoms with E-state index in [0.717, 1.165) is 21.8 Å². The van der Waals surface area contributed by atoms with Crippen molar-refractivity contribution in [3.63, 3.8) is 0 Å². The normalized spacial score (nSPS) is 17.0. The Morgan fingerprint density at radius 2 is 2.05 bits per heavy atom. The predicted molar refractivity (Wildman–Crippen MR) is 164 cm³/mol. The Kier molecular flexibility index (Phi) is 7.92. The van der Waals surface area contributed by atoms with Gasteiger partial charge in [0.1, 0.15) is 5.82 Å². The number of halogens is 1. The highest BCUT2D eigenvalue weighted by Gasteiger charge is 2.41. The molecule has 14 heteroatoms. The molecule has 9 nitrogen and oxygen atoms in total. The van der Waals surface area contributed by atoms with Gasteiger partial charge in [-0.15, -0.1) is 32.9 Å². The Morgan fingerprint density at radius 1 is 1.22 bits per heavy atom. The molecule has 3 N–H and O–H groups in total. The quantitative estimate of drug-likeness (QED) is 0.220. The summed E-state index contributed by atoms with van der Waals surface area (Å²) >= 11 is 11.3. The first-order chi connectivity index (χ1) is 19.9. The van der Waals surface area contributed by atoms with Crippen LogP contribution in [-0.4, -0.2) is 32.6 Å². The van der Waals surface area contributed by atoms with Crippen molar-refractivity contribution >= 4 is 79.3 Å². The Morgan fingerprint density at radius 3 is 2.80 bits per heavy atom. The molecule has 0 saturated heterocycles. The lowest BCUT2D eigenvalue weighted by Crippen LogP contribution is -2.38. The smallest absolute Gasteiger partial charge is 0.236 e. The molecule has 1 aromatic carbocycles. The van der Waals surface area contributed by atoms with Crippen LogP contribution >= 0.6 is 57.4 Å².